The number of rotatable bonds is 5. The Bertz CT molecular complexity index is 797. The van der Waals surface area contributed by atoms with Crippen molar-refractivity contribution in [3.63, 3.8) is 0 Å². The third kappa shape index (κ3) is 4.33. The van der Waals surface area contributed by atoms with Crippen LogP contribution in [0.3, 0.4) is 0 Å². The van der Waals surface area contributed by atoms with Crippen LogP contribution in [0, 0.1) is 6.92 Å². The normalized spacial score (nSPS) is 21.7. The van der Waals surface area contributed by atoms with E-state index < -0.39 is 11.2 Å². The Hall–Kier alpha value is -2.33. The first-order valence-corrected chi connectivity index (χ1v) is 9.54. The minimum Gasteiger partial charge on any atom is -0.438 e. The van der Waals surface area contributed by atoms with Crippen LogP contribution >= 0.6 is 0 Å². The fourth-order valence-corrected chi connectivity index (χ4v) is 4.00. The van der Waals surface area contributed by atoms with E-state index in [1.165, 1.54) is 5.56 Å². The quantitative estimate of drug-likeness (QED) is 0.813. The van der Waals surface area contributed by atoms with Crippen molar-refractivity contribution < 1.29 is 14.6 Å². The van der Waals surface area contributed by atoms with E-state index >= 15 is 0 Å². The Morgan fingerprint density at radius 1 is 1.19 bits per heavy atom. The molecular formula is C23H29NO3. The van der Waals surface area contributed by atoms with Gasteiger partial charge in [-0.05, 0) is 38.8 Å². The molecule has 144 valence electrons. The highest BCUT2D eigenvalue weighted by Crippen LogP contribution is 2.42. The van der Waals surface area contributed by atoms with Crippen LogP contribution in [-0.4, -0.2) is 28.2 Å². The second-order valence-corrected chi connectivity index (χ2v) is 8.25. The molecule has 1 N–H and O–H groups in total. The minimum absolute atomic E-state index is 0.0617. The van der Waals surface area contributed by atoms with Crippen molar-refractivity contribution in [2.24, 2.45) is 0 Å². The van der Waals surface area contributed by atoms with Gasteiger partial charge in [-0.1, -0.05) is 60.2 Å². The topological polar surface area (TPSA) is 49.8 Å². The molecule has 4 heteroatoms. The first kappa shape index (κ1) is 19.4. The molecule has 0 aromatic heterocycles. The summed E-state index contributed by atoms with van der Waals surface area (Å²) in [6.45, 7) is 8.18. The third-order valence-corrected chi connectivity index (χ3v) is 5.28. The van der Waals surface area contributed by atoms with Gasteiger partial charge in [0, 0.05) is 19.4 Å². The monoisotopic (exact) mass is 367 g/mol. The van der Waals surface area contributed by atoms with Gasteiger partial charge in [0.2, 0.25) is 0 Å². The molecule has 1 aliphatic rings. The van der Waals surface area contributed by atoms with Gasteiger partial charge in [-0.3, -0.25) is 0 Å². The van der Waals surface area contributed by atoms with Crippen LogP contribution < -0.4 is 0 Å². The zero-order chi connectivity index (χ0) is 19.7. The molecular weight excluding hydrogens is 338 g/mol. The summed E-state index contributed by atoms with van der Waals surface area (Å²) in [7, 11) is 0. The minimum atomic E-state index is -0.944. The summed E-state index contributed by atoms with van der Waals surface area (Å²) < 4.78 is 6.05. The van der Waals surface area contributed by atoms with E-state index in [9.17, 15) is 9.90 Å². The van der Waals surface area contributed by atoms with E-state index in [0.29, 0.717) is 19.4 Å². The van der Waals surface area contributed by atoms with E-state index in [0.717, 1.165) is 11.1 Å². The van der Waals surface area contributed by atoms with Gasteiger partial charge in [-0.2, -0.15) is 0 Å². The van der Waals surface area contributed by atoms with Gasteiger partial charge in [-0.15, -0.1) is 0 Å². The number of nitrogens with zero attached hydrogens (tertiary/aromatic N) is 1. The molecule has 0 spiro atoms. The van der Waals surface area contributed by atoms with Crippen LogP contribution in [0.15, 0.2) is 54.6 Å². The molecule has 27 heavy (non-hydrogen) atoms. The molecule has 0 bridgehead atoms. The number of carbonyl (C=O) groups is 1. The number of carbonyl (C=O) groups excluding carboxylic acids is 1. The molecule has 1 heterocycles. The van der Waals surface area contributed by atoms with Gasteiger partial charge in [0.1, 0.15) is 5.60 Å². The third-order valence-electron chi connectivity index (χ3n) is 5.28. The number of cyclic esters (lactones) is 1. The zero-order valence-corrected chi connectivity index (χ0v) is 16.6. The summed E-state index contributed by atoms with van der Waals surface area (Å²) in [6.07, 6.45) is 0.675. The highest BCUT2D eigenvalue weighted by molar-refractivity contribution is 5.70. The van der Waals surface area contributed by atoms with Gasteiger partial charge in [-0.25, -0.2) is 4.79 Å². The van der Waals surface area contributed by atoms with Crippen molar-refractivity contribution in [1.29, 1.82) is 0 Å². The summed E-state index contributed by atoms with van der Waals surface area (Å²) in [6, 6.07) is 17.9. The lowest BCUT2D eigenvalue weighted by atomic mass is 9.80. The zero-order valence-electron chi connectivity index (χ0n) is 16.6. The maximum Gasteiger partial charge on any atom is 0.411 e. The smallest absolute Gasteiger partial charge is 0.411 e. The van der Waals surface area contributed by atoms with Crippen molar-refractivity contribution in [2.45, 2.75) is 57.8 Å². The van der Waals surface area contributed by atoms with Crippen molar-refractivity contribution in [3.8, 4) is 0 Å². The van der Waals surface area contributed by atoms with E-state index in [-0.39, 0.29) is 12.1 Å². The Kier molecular flexibility index (Phi) is 5.29. The summed E-state index contributed by atoms with van der Waals surface area (Å²) in [5.41, 5.74) is 1.45. The molecule has 0 aliphatic carbocycles. The summed E-state index contributed by atoms with van der Waals surface area (Å²) in [5, 5.41) is 10.5. The van der Waals surface area contributed by atoms with Crippen LogP contribution in [0.25, 0.3) is 0 Å². The van der Waals surface area contributed by atoms with Gasteiger partial charge < -0.3 is 14.7 Å². The number of aryl methyl sites for hydroxylation is 1. The van der Waals surface area contributed by atoms with Gasteiger partial charge in [0.15, 0.2) is 0 Å². The van der Waals surface area contributed by atoms with Crippen LogP contribution in [0.2, 0.25) is 0 Å². The molecule has 1 aliphatic heterocycles. The Morgan fingerprint density at radius 3 is 2.48 bits per heavy atom. The highest BCUT2D eigenvalue weighted by Gasteiger charge is 2.46. The highest BCUT2D eigenvalue weighted by atomic mass is 16.6. The number of benzene rings is 2. The number of amides is 1. The van der Waals surface area contributed by atoms with Gasteiger partial charge in [0.25, 0.3) is 0 Å². The second-order valence-electron chi connectivity index (χ2n) is 8.25. The van der Waals surface area contributed by atoms with E-state index in [1.54, 1.807) is 18.7 Å². The number of ether oxygens (including phenoxy) is 1. The Balaban J connectivity index is 1.87. The molecule has 2 unspecified atom stereocenters. The lowest BCUT2D eigenvalue weighted by Gasteiger charge is -2.45. The van der Waals surface area contributed by atoms with Crippen LogP contribution in [-0.2, 0) is 10.3 Å². The second kappa shape index (κ2) is 7.35. The predicted octanol–water partition coefficient (Wildman–Crippen LogP) is 4.95. The average molecular weight is 367 g/mol. The molecule has 2 aromatic rings. The predicted molar refractivity (Wildman–Crippen MR) is 106 cm³/mol. The Morgan fingerprint density at radius 2 is 1.89 bits per heavy atom. The molecule has 1 fully saturated rings. The van der Waals surface area contributed by atoms with E-state index in [4.69, 9.17) is 4.74 Å². The summed E-state index contributed by atoms with van der Waals surface area (Å²) >= 11 is 0. The fraction of sp³-hybridized carbons (Fsp3) is 0.435. The van der Waals surface area contributed by atoms with Gasteiger partial charge >= 0.3 is 6.09 Å². The van der Waals surface area contributed by atoms with E-state index in [2.05, 4.69) is 19.1 Å². The molecule has 0 saturated carbocycles. The van der Waals surface area contributed by atoms with E-state index in [1.807, 2.05) is 49.4 Å². The number of hydrogen-bond donors (Lipinski definition) is 1. The molecule has 4 nitrogen and oxygen atoms in total. The molecule has 2 aromatic carbocycles. The van der Waals surface area contributed by atoms with Crippen LogP contribution in [0.4, 0.5) is 4.79 Å². The summed E-state index contributed by atoms with van der Waals surface area (Å²) in [4.78, 5) is 14.8. The average Bonchev–Trinajstić information content (AvgIpc) is 2.61. The molecule has 1 saturated heterocycles. The number of hydrogen-bond acceptors (Lipinski definition) is 3. The molecule has 2 atom stereocenters. The molecule has 0 radical (unpaired) electrons. The lowest BCUT2D eigenvalue weighted by Crippen LogP contribution is -2.51. The standard InChI is InChI=1S/C23H29NO3/c1-17-9-8-10-19(15-17)18(2)24-14-13-23(27-21(24)25,16-22(3,4)26)20-11-6-5-7-12-20/h5-12,15,18,26H,13-14,16H2,1-4H3. The van der Waals surface area contributed by atoms with Crippen molar-refractivity contribution in [2.75, 3.05) is 6.54 Å². The largest absolute Gasteiger partial charge is 0.438 e. The SMILES string of the molecule is Cc1cccc(C(C)N2CCC(CC(C)(C)O)(c3ccccc3)OC2=O)c1. The fourth-order valence-electron chi connectivity index (χ4n) is 4.00. The van der Waals surface area contributed by atoms with Crippen LogP contribution in [0.5, 0.6) is 0 Å². The van der Waals surface area contributed by atoms with Crippen molar-refractivity contribution >= 4 is 6.09 Å². The van der Waals surface area contributed by atoms with Crippen molar-refractivity contribution in [3.05, 3.63) is 71.3 Å². The first-order valence-electron chi connectivity index (χ1n) is 9.54. The lowest BCUT2D eigenvalue weighted by molar-refractivity contribution is -0.101. The molecule has 1 amide bonds. The van der Waals surface area contributed by atoms with Gasteiger partial charge in [0.05, 0.1) is 11.6 Å². The Labute approximate surface area is 161 Å². The van der Waals surface area contributed by atoms with Crippen LogP contribution in [0.1, 0.15) is 56.3 Å². The first-order chi connectivity index (χ1) is 12.7. The maximum atomic E-state index is 13.0. The maximum absolute atomic E-state index is 13.0. The summed E-state index contributed by atoms with van der Waals surface area (Å²) in [5.74, 6) is 0. The van der Waals surface area contributed by atoms with Crippen molar-refractivity contribution in [1.82, 2.24) is 4.90 Å². The number of aliphatic hydroxyl groups is 1. The molecule has 3 rings (SSSR count).